The van der Waals surface area contributed by atoms with Crippen molar-refractivity contribution in [3.05, 3.63) is 29.8 Å². The highest BCUT2D eigenvalue weighted by atomic mass is 16.5. The van der Waals surface area contributed by atoms with Gasteiger partial charge in [-0.2, -0.15) is 0 Å². The number of benzene rings is 1. The van der Waals surface area contributed by atoms with Crippen molar-refractivity contribution in [3.63, 3.8) is 0 Å². The van der Waals surface area contributed by atoms with E-state index in [9.17, 15) is 9.90 Å². The van der Waals surface area contributed by atoms with Crippen molar-refractivity contribution >= 4 is 5.97 Å². The smallest absolute Gasteiger partial charge is 0.308 e. The molecule has 1 atom stereocenters. The Bertz CT molecular complexity index is 359. The molecule has 1 aromatic carbocycles. The van der Waals surface area contributed by atoms with Crippen molar-refractivity contribution < 1.29 is 19.4 Å². The summed E-state index contributed by atoms with van der Waals surface area (Å²) in [4.78, 5) is 11.1. The number of esters is 1. The second-order valence-corrected chi connectivity index (χ2v) is 4.05. The van der Waals surface area contributed by atoms with Crippen LogP contribution < -0.4 is 4.74 Å². The Morgan fingerprint density at radius 2 is 2.00 bits per heavy atom. The monoisotopic (exact) mass is 252 g/mol. The Labute approximate surface area is 108 Å². The minimum absolute atomic E-state index is 0.0595. The van der Waals surface area contributed by atoms with Gasteiger partial charge in [0.1, 0.15) is 5.75 Å². The van der Waals surface area contributed by atoms with Crippen LogP contribution in [0.4, 0.5) is 0 Å². The molecule has 0 bridgehead atoms. The summed E-state index contributed by atoms with van der Waals surface area (Å²) in [7, 11) is 1.62. The minimum Gasteiger partial charge on any atom is -0.497 e. The predicted octanol–water partition coefficient (Wildman–Crippen LogP) is 1.94. The molecular formula is C14H20O4. The van der Waals surface area contributed by atoms with E-state index >= 15 is 0 Å². The zero-order valence-corrected chi connectivity index (χ0v) is 10.9. The molecule has 0 saturated heterocycles. The highest BCUT2D eigenvalue weighted by Gasteiger charge is 2.11. The largest absolute Gasteiger partial charge is 0.497 e. The van der Waals surface area contributed by atoms with E-state index in [0.717, 1.165) is 17.7 Å². The van der Waals surface area contributed by atoms with Crippen molar-refractivity contribution in [2.45, 2.75) is 32.3 Å². The molecule has 0 saturated carbocycles. The van der Waals surface area contributed by atoms with E-state index in [1.807, 2.05) is 24.3 Å². The Hall–Kier alpha value is -1.55. The third kappa shape index (κ3) is 5.19. The highest BCUT2D eigenvalue weighted by molar-refractivity contribution is 5.69. The van der Waals surface area contributed by atoms with Crippen LogP contribution in [-0.2, 0) is 16.0 Å². The number of hydrogen-bond donors (Lipinski definition) is 1. The van der Waals surface area contributed by atoms with Crippen LogP contribution in [0, 0.1) is 0 Å². The van der Waals surface area contributed by atoms with E-state index in [4.69, 9.17) is 9.47 Å². The lowest BCUT2D eigenvalue weighted by Gasteiger charge is -2.10. The molecule has 4 heteroatoms. The van der Waals surface area contributed by atoms with Crippen LogP contribution in [0.2, 0.25) is 0 Å². The van der Waals surface area contributed by atoms with Gasteiger partial charge in [-0.05, 0) is 37.5 Å². The zero-order valence-electron chi connectivity index (χ0n) is 10.9. The summed E-state index contributed by atoms with van der Waals surface area (Å²) in [5.41, 5.74) is 1.11. The average Bonchev–Trinajstić information content (AvgIpc) is 2.37. The molecule has 0 aliphatic carbocycles. The third-order valence-electron chi connectivity index (χ3n) is 2.63. The van der Waals surface area contributed by atoms with Gasteiger partial charge in [-0.1, -0.05) is 12.1 Å². The molecular weight excluding hydrogens is 232 g/mol. The second-order valence-electron chi connectivity index (χ2n) is 4.05. The molecule has 0 unspecified atom stereocenters. The fraction of sp³-hybridized carbons (Fsp3) is 0.500. The molecule has 1 rings (SSSR count). The van der Waals surface area contributed by atoms with Crippen LogP contribution in [0.15, 0.2) is 24.3 Å². The lowest BCUT2D eigenvalue weighted by Crippen LogP contribution is -2.16. The first kappa shape index (κ1) is 14.5. The quantitative estimate of drug-likeness (QED) is 0.753. The maximum absolute atomic E-state index is 11.1. The molecule has 18 heavy (non-hydrogen) atoms. The van der Waals surface area contributed by atoms with Gasteiger partial charge in [-0.25, -0.2) is 0 Å². The normalized spacial score (nSPS) is 11.9. The first-order chi connectivity index (χ1) is 8.65. The first-order valence-electron chi connectivity index (χ1n) is 6.12. The Morgan fingerprint density at radius 3 is 2.56 bits per heavy atom. The molecule has 0 radical (unpaired) electrons. The summed E-state index contributed by atoms with van der Waals surface area (Å²) >= 11 is 0. The van der Waals surface area contributed by atoms with E-state index in [1.165, 1.54) is 0 Å². The summed E-state index contributed by atoms with van der Waals surface area (Å²) in [5, 5.41) is 9.68. The summed E-state index contributed by atoms with van der Waals surface area (Å²) in [6.07, 6.45) is 0.686. The molecule has 0 aliphatic rings. The second kappa shape index (κ2) is 7.71. The summed E-state index contributed by atoms with van der Waals surface area (Å²) in [5.74, 6) is 0.463. The summed E-state index contributed by atoms with van der Waals surface area (Å²) in [6.45, 7) is 2.10. The van der Waals surface area contributed by atoms with Crippen LogP contribution in [0.5, 0.6) is 5.75 Å². The fourth-order valence-corrected chi connectivity index (χ4v) is 1.64. The molecule has 0 aromatic heterocycles. The molecule has 4 nitrogen and oxygen atoms in total. The minimum atomic E-state index is -0.647. The lowest BCUT2D eigenvalue weighted by atomic mass is 10.1. The van der Waals surface area contributed by atoms with E-state index in [0.29, 0.717) is 13.0 Å². The number of rotatable bonds is 7. The number of ether oxygens (including phenoxy) is 2. The lowest BCUT2D eigenvalue weighted by molar-refractivity contribution is -0.145. The maximum Gasteiger partial charge on any atom is 0.308 e. The first-order valence-corrected chi connectivity index (χ1v) is 6.12. The van der Waals surface area contributed by atoms with Gasteiger partial charge >= 0.3 is 5.97 Å². The van der Waals surface area contributed by atoms with Crippen LogP contribution >= 0.6 is 0 Å². The highest BCUT2D eigenvalue weighted by Crippen LogP contribution is 2.14. The van der Waals surface area contributed by atoms with Crippen molar-refractivity contribution in [2.75, 3.05) is 13.7 Å². The number of methoxy groups -OCH3 is 1. The van der Waals surface area contributed by atoms with Gasteiger partial charge in [0.2, 0.25) is 0 Å². The number of aliphatic hydroxyl groups is 1. The van der Waals surface area contributed by atoms with Gasteiger partial charge in [0, 0.05) is 0 Å². The standard InChI is InChI=1S/C14H20O4/c1-3-18-14(16)10-12(15)7-4-11-5-8-13(17-2)9-6-11/h5-6,8-9,12,15H,3-4,7,10H2,1-2H3/t12-/m1/s1. The van der Waals surface area contributed by atoms with E-state index in [1.54, 1.807) is 14.0 Å². The number of aliphatic hydroxyl groups excluding tert-OH is 1. The Balaban J connectivity index is 2.32. The molecule has 100 valence electrons. The molecule has 0 aliphatic heterocycles. The molecule has 0 spiro atoms. The van der Waals surface area contributed by atoms with Crippen molar-refractivity contribution in [1.29, 1.82) is 0 Å². The molecule has 0 amide bonds. The number of aryl methyl sites for hydroxylation is 1. The van der Waals surface area contributed by atoms with Crippen molar-refractivity contribution in [2.24, 2.45) is 0 Å². The fourth-order valence-electron chi connectivity index (χ4n) is 1.64. The number of carbonyl (C=O) groups excluding carboxylic acids is 1. The molecule has 0 fully saturated rings. The number of hydrogen-bond acceptors (Lipinski definition) is 4. The number of carbonyl (C=O) groups is 1. The zero-order chi connectivity index (χ0) is 13.4. The predicted molar refractivity (Wildman–Crippen MR) is 68.6 cm³/mol. The van der Waals surface area contributed by atoms with E-state index in [-0.39, 0.29) is 12.4 Å². The molecule has 1 aromatic rings. The van der Waals surface area contributed by atoms with Gasteiger partial charge < -0.3 is 14.6 Å². The third-order valence-corrected chi connectivity index (χ3v) is 2.63. The topological polar surface area (TPSA) is 55.8 Å². The van der Waals surface area contributed by atoms with Crippen LogP contribution in [0.1, 0.15) is 25.3 Å². The van der Waals surface area contributed by atoms with E-state index < -0.39 is 6.10 Å². The maximum atomic E-state index is 11.1. The molecule has 1 N–H and O–H groups in total. The Kier molecular flexibility index (Phi) is 6.22. The van der Waals surface area contributed by atoms with Crippen LogP contribution in [-0.4, -0.2) is 30.9 Å². The van der Waals surface area contributed by atoms with E-state index in [2.05, 4.69) is 0 Å². The van der Waals surface area contributed by atoms with Gasteiger partial charge in [0.05, 0.1) is 26.2 Å². The summed E-state index contributed by atoms with van der Waals surface area (Å²) in [6, 6.07) is 7.67. The average molecular weight is 252 g/mol. The van der Waals surface area contributed by atoms with Crippen LogP contribution in [0.3, 0.4) is 0 Å². The van der Waals surface area contributed by atoms with Crippen molar-refractivity contribution in [3.8, 4) is 5.75 Å². The Morgan fingerprint density at radius 1 is 1.33 bits per heavy atom. The van der Waals surface area contributed by atoms with Gasteiger partial charge in [0.25, 0.3) is 0 Å². The van der Waals surface area contributed by atoms with Gasteiger partial charge in [-0.15, -0.1) is 0 Å². The van der Waals surface area contributed by atoms with Crippen LogP contribution in [0.25, 0.3) is 0 Å². The van der Waals surface area contributed by atoms with Crippen molar-refractivity contribution in [1.82, 2.24) is 0 Å². The van der Waals surface area contributed by atoms with Gasteiger partial charge in [0.15, 0.2) is 0 Å². The molecule has 0 heterocycles. The van der Waals surface area contributed by atoms with Gasteiger partial charge in [-0.3, -0.25) is 4.79 Å². The SMILES string of the molecule is CCOC(=O)C[C@H](O)CCc1ccc(OC)cc1. The summed E-state index contributed by atoms with van der Waals surface area (Å²) < 4.78 is 9.84.